The normalized spacial score (nSPS) is 23.5. The summed E-state index contributed by atoms with van der Waals surface area (Å²) >= 11 is 0. The van der Waals surface area contributed by atoms with Gasteiger partial charge in [0.1, 0.15) is 5.41 Å². The first-order valence-electron chi connectivity index (χ1n) is 9.67. The molecule has 1 saturated carbocycles. The highest BCUT2D eigenvalue weighted by molar-refractivity contribution is 5.93. The molecular weight excluding hydrogens is 394 g/mol. The number of aromatic carboxylic acids is 1. The number of hydrogen-bond donors (Lipinski definition) is 4. The SMILES string of the molecule is Cn1c(N2CC[C@@H](O)[C@@](CC3CC3)(C(=O)O)C2)nc2cc(C(=O)O)ccc21.O=CO. The predicted octanol–water partition coefficient (Wildman–Crippen LogP) is 1.41. The lowest BCUT2D eigenvalue weighted by Crippen LogP contribution is -2.56. The van der Waals surface area contributed by atoms with Gasteiger partial charge in [0.25, 0.3) is 6.47 Å². The van der Waals surface area contributed by atoms with Crippen molar-refractivity contribution < 1.29 is 34.8 Å². The summed E-state index contributed by atoms with van der Waals surface area (Å²) < 4.78 is 1.85. The summed E-state index contributed by atoms with van der Waals surface area (Å²) in [4.78, 5) is 38.2. The molecule has 2 atom stereocenters. The third-order valence-corrected chi connectivity index (χ3v) is 5.95. The van der Waals surface area contributed by atoms with E-state index in [9.17, 15) is 24.9 Å². The summed E-state index contributed by atoms with van der Waals surface area (Å²) in [5.74, 6) is -1.01. The number of carboxylic acid groups (broad SMARTS) is 3. The number of carbonyl (C=O) groups is 3. The highest BCUT2D eigenvalue weighted by atomic mass is 16.4. The number of aliphatic hydroxyl groups excluding tert-OH is 1. The Morgan fingerprint density at radius 3 is 2.50 bits per heavy atom. The molecule has 30 heavy (non-hydrogen) atoms. The average molecular weight is 419 g/mol. The second-order valence-electron chi connectivity index (χ2n) is 7.92. The van der Waals surface area contributed by atoms with Gasteiger partial charge >= 0.3 is 11.9 Å². The molecule has 1 aliphatic heterocycles. The third kappa shape index (κ3) is 3.95. The molecule has 0 unspecified atom stereocenters. The van der Waals surface area contributed by atoms with Gasteiger partial charge in [-0.1, -0.05) is 12.8 Å². The van der Waals surface area contributed by atoms with Crippen LogP contribution in [0.15, 0.2) is 18.2 Å². The molecule has 4 rings (SSSR count). The molecule has 0 bridgehead atoms. The fourth-order valence-corrected chi connectivity index (χ4v) is 4.19. The van der Waals surface area contributed by atoms with E-state index < -0.39 is 23.5 Å². The van der Waals surface area contributed by atoms with Crippen LogP contribution in [0.5, 0.6) is 0 Å². The van der Waals surface area contributed by atoms with E-state index in [0.717, 1.165) is 18.4 Å². The summed E-state index contributed by atoms with van der Waals surface area (Å²) in [7, 11) is 1.83. The number of benzene rings is 1. The van der Waals surface area contributed by atoms with E-state index in [1.807, 2.05) is 16.5 Å². The van der Waals surface area contributed by atoms with Gasteiger partial charge in [0.05, 0.1) is 22.7 Å². The minimum Gasteiger partial charge on any atom is -0.483 e. The Balaban J connectivity index is 0.000000806. The number of imidazole rings is 1. The van der Waals surface area contributed by atoms with Crippen molar-refractivity contribution in [2.24, 2.45) is 18.4 Å². The largest absolute Gasteiger partial charge is 0.483 e. The van der Waals surface area contributed by atoms with Crippen LogP contribution < -0.4 is 4.90 Å². The van der Waals surface area contributed by atoms with Gasteiger partial charge < -0.3 is 29.9 Å². The number of aliphatic carboxylic acids is 1. The Hall–Kier alpha value is -3.14. The predicted molar refractivity (Wildman–Crippen MR) is 107 cm³/mol. The number of fused-ring (bicyclic) bond motifs is 1. The quantitative estimate of drug-likeness (QED) is 0.527. The zero-order valence-electron chi connectivity index (χ0n) is 16.6. The second-order valence-corrected chi connectivity index (χ2v) is 7.92. The molecule has 2 heterocycles. The Bertz CT molecular complexity index is 969. The topological polar surface area (TPSA) is 153 Å². The number of carboxylic acids is 2. The van der Waals surface area contributed by atoms with Crippen LogP contribution in [-0.2, 0) is 16.6 Å². The van der Waals surface area contributed by atoms with Gasteiger partial charge in [-0.2, -0.15) is 0 Å². The van der Waals surface area contributed by atoms with Gasteiger partial charge in [-0.25, -0.2) is 9.78 Å². The molecule has 0 spiro atoms. The third-order valence-electron chi connectivity index (χ3n) is 5.95. The standard InChI is InChI=1S/C19H23N3O5.CH2O2/c1-21-14-5-4-12(16(24)25)8-13(14)20-18(21)22-7-6-15(23)19(10-22,17(26)27)9-11-2-3-11;2-1-3/h4-5,8,11,15,23H,2-3,6-7,9-10H2,1H3,(H,24,25)(H,26,27);1H,(H,2,3)/t15-,19+;/m1./s1. The van der Waals surface area contributed by atoms with Crippen LogP contribution in [-0.4, -0.2) is 67.6 Å². The average Bonchev–Trinajstić information content (AvgIpc) is 3.45. The molecule has 1 aromatic heterocycles. The minimum absolute atomic E-state index is 0.162. The van der Waals surface area contributed by atoms with Crippen LogP contribution in [0.3, 0.4) is 0 Å². The van der Waals surface area contributed by atoms with Gasteiger partial charge in [-0.3, -0.25) is 9.59 Å². The lowest BCUT2D eigenvalue weighted by atomic mass is 9.73. The Kier molecular flexibility index (Phi) is 5.97. The van der Waals surface area contributed by atoms with Crippen molar-refractivity contribution >= 4 is 35.4 Å². The van der Waals surface area contributed by atoms with E-state index >= 15 is 0 Å². The number of aromatic nitrogens is 2. The lowest BCUT2D eigenvalue weighted by molar-refractivity contribution is -0.158. The Morgan fingerprint density at radius 2 is 1.93 bits per heavy atom. The number of rotatable bonds is 5. The maximum Gasteiger partial charge on any atom is 0.335 e. The van der Waals surface area contributed by atoms with Crippen LogP contribution in [0.25, 0.3) is 11.0 Å². The molecule has 0 radical (unpaired) electrons. The first-order valence-corrected chi connectivity index (χ1v) is 9.67. The van der Waals surface area contributed by atoms with Crippen LogP contribution in [0, 0.1) is 11.3 Å². The number of nitrogens with zero attached hydrogens (tertiary/aromatic N) is 3. The Labute approximate surface area is 172 Å². The molecule has 2 fully saturated rings. The maximum absolute atomic E-state index is 12.1. The molecule has 1 aromatic carbocycles. The molecule has 0 amide bonds. The van der Waals surface area contributed by atoms with Crippen molar-refractivity contribution in [3.63, 3.8) is 0 Å². The molecule has 2 aromatic rings. The minimum atomic E-state index is -1.19. The number of piperidine rings is 1. The van der Waals surface area contributed by atoms with Crippen molar-refractivity contribution in [1.29, 1.82) is 0 Å². The summed E-state index contributed by atoms with van der Waals surface area (Å²) in [6.45, 7) is 0.451. The fourth-order valence-electron chi connectivity index (χ4n) is 4.19. The van der Waals surface area contributed by atoms with E-state index in [1.165, 1.54) is 12.1 Å². The van der Waals surface area contributed by atoms with Crippen molar-refractivity contribution in [3.05, 3.63) is 23.8 Å². The smallest absolute Gasteiger partial charge is 0.335 e. The monoisotopic (exact) mass is 419 g/mol. The maximum atomic E-state index is 12.1. The van der Waals surface area contributed by atoms with E-state index in [0.29, 0.717) is 36.8 Å². The summed E-state index contributed by atoms with van der Waals surface area (Å²) in [5.41, 5.74) is 0.310. The highest BCUT2D eigenvalue weighted by Crippen LogP contribution is 2.45. The molecule has 10 nitrogen and oxygen atoms in total. The molecule has 1 saturated heterocycles. The van der Waals surface area contributed by atoms with Gasteiger partial charge in [0, 0.05) is 20.1 Å². The first kappa shape index (κ1) is 21.6. The van der Waals surface area contributed by atoms with Crippen molar-refractivity contribution in [1.82, 2.24) is 9.55 Å². The molecule has 162 valence electrons. The number of hydrogen-bond acceptors (Lipinski definition) is 6. The summed E-state index contributed by atoms with van der Waals surface area (Å²) in [5, 5.41) is 36.5. The van der Waals surface area contributed by atoms with Crippen LogP contribution >= 0.6 is 0 Å². The molecule has 2 aliphatic rings. The summed E-state index contributed by atoms with van der Waals surface area (Å²) in [6.07, 6.45) is 2.01. The van der Waals surface area contributed by atoms with Gasteiger partial charge in [0.2, 0.25) is 5.95 Å². The fraction of sp³-hybridized carbons (Fsp3) is 0.500. The molecule has 1 aliphatic carbocycles. The van der Waals surface area contributed by atoms with Crippen LogP contribution in [0.1, 0.15) is 36.0 Å². The van der Waals surface area contributed by atoms with Crippen LogP contribution in [0.4, 0.5) is 5.95 Å². The zero-order valence-corrected chi connectivity index (χ0v) is 16.6. The van der Waals surface area contributed by atoms with Gasteiger partial charge in [-0.15, -0.1) is 0 Å². The number of aliphatic hydroxyl groups is 1. The Morgan fingerprint density at radius 1 is 1.27 bits per heavy atom. The number of anilines is 1. The van der Waals surface area contributed by atoms with E-state index in [-0.39, 0.29) is 18.6 Å². The zero-order chi connectivity index (χ0) is 22.1. The van der Waals surface area contributed by atoms with E-state index in [4.69, 9.17) is 9.90 Å². The van der Waals surface area contributed by atoms with Crippen molar-refractivity contribution in [2.75, 3.05) is 18.0 Å². The van der Waals surface area contributed by atoms with Gasteiger partial charge in [0.15, 0.2) is 0 Å². The van der Waals surface area contributed by atoms with Crippen LogP contribution in [0.2, 0.25) is 0 Å². The molecule has 4 N–H and O–H groups in total. The number of aryl methyl sites for hydroxylation is 1. The van der Waals surface area contributed by atoms with Crippen molar-refractivity contribution in [2.45, 2.75) is 31.8 Å². The molecule has 10 heteroatoms. The van der Waals surface area contributed by atoms with E-state index in [1.54, 1.807) is 6.07 Å². The highest BCUT2D eigenvalue weighted by Gasteiger charge is 2.52. The molecular formula is C20H25N3O7. The lowest BCUT2D eigenvalue weighted by Gasteiger charge is -2.43. The van der Waals surface area contributed by atoms with Gasteiger partial charge in [-0.05, 0) is 37.0 Å². The van der Waals surface area contributed by atoms with E-state index in [2.05, 4.69) is 4.98 Å². The first-order chi connectivity index (χ1) is 14.2. The second kappa shape index (κ2) is 8.31. The van der Waals surface area contributed by atoms with Crippen molar-refractivity contribution in [3.8, 4) is 0 Å². The summed E-state index contributed by atoms with van der Waals surface area (Å²) in [6, 6.07) is 4.77.